The average Bonchev–Trinajstić information content (AvgIpc) is 2.40. The third-order valence-electron chi connectivity index (χ3n) is 2.58. The largest absolute Gasteiger partial charge is 0.453 e. The van der Waals surface area contributed by atoms with Crippen LogP contribution in [0.25, 0.3) is 0 Å². The van der Waals surface area contributed by atoms with Crippen molar-refractivity contribution in [3.05, 3.63) is 55.0 Å². The number of benzene rings is 1. The summed E-state index contributed by atoms with van der Waals surface area (Å²) in [6.45, 7) is 11.5. The Morgan fingerprint density at radius 1 is 1.22 bits per heavy atom. The van der Waals surface area contributed by atoms with E-state index in [4.69, 9.17) is 10.5 Å². The fraction of sp³-hybridized carbons (Fsp3) is 0.200. The number of rotatable bonds is 2. The molecule has 18 heavy (non-hydrogen) atoms. The van der Waals surface area contributed by atoms with E-state index in [1.807, 2.05) is 44.0 Å². The maximum Gasteiger partial charge on any atom is 0.153 e. The molecule has 0 unspecified atom stereocenters. The highest BCUT2D eigenvalue weighted by atomic mass is 16.5. The maximum atomic E-state index is 5.93. The van der Waals surface area contributed by atoms with E-state index in [9.17, 15) is 0 Å². The molecule has 0 atom stereocenters. The van der Waals surface area contributed by atoms with Crippen molar-refractivity contribution in [2.75, 3.05) is 17.7 Å². The van der Waals surface area contributed by atoms with Crippen molar-refractivity contribution in [1.29, 1.82) is 0 Å². The van der Waals surface area contributed by atoms with Crippen LogP contribution >= 0.6 is 0 Å². The molecule has 3 nitrogen and oxygen atoms in total. The molecule has 3 heteroatoms. The number of nitrogens with two attached hydrogens (primary N) is 1. The van der Waals surface area contributed by atoms with Gasteiger partial charge in [-0.25, -0.2) is 0 Å². The quantitative estimate of drug-likeness (QED) is 0.806. The summed E-state index contributed by atoms with van der Waals surface area (Å²) in [5.74, 6) is 1.43. The second-order valence-electron chi connectivity index (χ2n) is 3.51. The van der Waals surface area contributed by atoms with E-state index in [0.717, 1.165) is 17.1 Å². The van der Waals surface area contributed by atoms with Gasteiger partial charge in [0.05, 0.1) is 11.4 Å². The van der Waals surface area contributed by atoms with Gasteiger partial charge in [0.1, 0.15) is 5.69 Å². The molecular formula is C15H20N2O. The molecular weight excluding hydrogens is 224 g/mol. The predicted molar refractivity (Wildman–Crippen MR) is 78.7 cm³/mol. The summed E-state index contributed by atoms with van der Waals surface area (Å²) < 4.78 is 5.70. The van der Waals surface area contributed by atoms with E-state index < -0.39 is 0 Å². The van der Waals surface area contributed by atoms with Gasteiger partial charge in [-0.15, -0.1) is 0 Å². The number of hydrogen-bond donors (Lipinski definition) is 1. The molecule has 1 aromatic rings. The fourth-order valence-corrected chi connectivity index (χ4v) is 1.82. The third-order valence-corrected chi connectivity index (χ3v) is 2.58. The van der Waals surface area contributed by atoms with E-state index in [1.54, 1.807) is 12.2 Å². The van der Waals surface area contributed by atoms with Crippen molar-refractivity contribution < 1.29 is 4.74 Å². The topological polar surface area (TPSA) is 38.5 Å². The summed E-state index contributed by atoms with van der Waals surface area (Å²) in [7, 11) is 1.93. The number of fused-ring (bicyclic) bond motifs is 1. The molecule has 0 aliphatic carbocycles. The van der Waals surface area contributed by atoms with Crippen LogP contribution in [0.15, 0.2) is 55.0 Å². The molecule has 1 aromatic carbocycles. The van der Waals surface area contributed by atoms with Crippen molar-refractivity contribution in [2.45, 2.75) is 13.8 Å². The molecule has 0 radical (unpaired) electrons. The zero-order valence-electron chi connectivity index (χ0n) is 11.2. The van der Waals surface area contributed by atoms with Gasteiger partial charge in [0.15, 0.2) is 11.5 Å². The standard InChI is InChI=1S/C13H14N2O.C2H6/c1-4-10-11(5-2)16-12-8-6-7-9(14)13(12)15(10)3;1-2/h4-8H,1-2,14H2,3H3;1-2H3. The lowest BCUT2D eigenvalue weighted by molar-refractivity contribution is 0.430. The Hall–Kier alpha value is -2.16. The summed E-state index contributed by atoms with van der Waals surface area (Å²) in [5.41, 5.74) is 8.34. The number of nitrogen functional groups attached to an aromatic ring is 1. The van der Waals surface area contributed by atoms with Gasteiger partial charge >= 0.3 is 0 Å². The first-order chi connectivity index (χ1) is 8.69. The lowest BCUT2D eigenvalue weighted by Gasteiger charge is -2.30. The number of ether oxygens (including phenoxy) is 1. The lowest BCUT2D eigenvalue weighted by atomic mass is 10.1. The van der Waals surface area contributed by atoms with E-state index in [2.05, 4.69) is 13.2 Å². The molecule has 0 spiro atoms. The molecule has 0 fully saturated rings. The first kappa shape index (κ1) is 13.9. The first-order valence-electron chi connectivity index (χ1n) is 5.98. The van der Waals surface area contributed by atoms with Gasteiger partial charge in [0.25, 0.3) is 0 Å². The van der Waals surface area contributed by atoms with Crippen molar-refractivity contribution in [3.63, 3.8) is 0 Å². The van der Waals surface area contributed by atoms with Crippen LogP contribution in [0.5, 0.6) is 5.75 Å². The van der Waals surface area contributed by atoms with Gasteiger partial charge in [-0.2, -0.15) is 0 Å². The van der Waals surface area contributed by atoms with Crippen molar-refractivity contribution >= 4 is 11.4 Å². The molecule has 1 heterocycles. The van der Waals surface area contributed by atoms with Gasteiger partial charge in [-0.05, 0) is 24.3 Å². The second-order valence-corrected chi connectivity index (χ2v) is 3.51. The second kappa shape index (κ2) is 5.96. The normalized spacial score (nSPS) is 12.9. The number of anilines is 2. The van der Waals surface area contributed by atoms with Gasteiger partial charge < -0.3 is 15.4 Å². The monoisotopic (exact) mass is 244 g/mol. The van der Waals surface area contributed by atoms with Crippen LogP contribution in [0.3, 0.4) is 0 Å². The summed E-state index contributed by atoms with van der Waals surface area (Å²) in [5, 5.41) is 0. The van der Waals surface area contributed by atoms with E-state index >= 15 is 0 Å². The number of likely N-dealkylation sites (N-methyl/N-ethyl adjacent to an activating group) is 1. The molecule has 0 aromatic heterocycles. The molecule has 1 aliphatic rings. The number of hydrogen-bond acceptors (Lipinski definition) is 3. The van der Waals surface area contributed by atoms with E-state index in [1.165, 1.54) is 0 Å². The van der Waals surface area contributed by atoms with Crippen LogP contribution in [-0.2, 0) is 0 Å². The van der Waals surface area contributed by atoms with Crippen molar-refractivity contribution in [3.8, 4) is 5.75 Å². The van der Waals surface area contributed by atoms with Crippen molar-refractivity contribution in [1.82, 2.24) is 0 Å². The highest BCUT2D eigenvalue weighted by Gasteiger charge is 2.22. The zero-order chi connectivity index (χ0) is 13.7. The Morgan fingerprint density at radius 2 is 1.89 bits per heavy atom. The van der Waals surface area contributed by atoms with Crippen LogP contribution < -0.4 is 15.4 Å². The van der Waals surface area contributed by atoms with Crippen LogP contribution in [0.4, 0.5) is 11.4 Å². The summed E-state index contributed by atoms with van der Waals surface area (Å²) in [4.78, 5) is 1.96. The highest BCUT2D eigenvalue weighted by Crippen LogP contribution is 2.40. The summed E-state index contributed by atoms with van der Waals surface area (Å²) in [6.07, 6.45) is 3.39. The molecule has 0 amide bonds. The lowest BCUT2D eigenvalue weighted by Crippen LogP contribution is -2.24. The zero-order valence-corrected chi connectivity index (χ0v) is 11.2. The average molecular weight is 244 g/mol. The van der Waals surface area contributed by atoms with Crippen LogP contribution in [0.1, 0.15) is 13.8 Å². The van der Waals surface area contributed by atoms with E-state index in [-0.39, 0.29) is 0 Å². The molecule has 0 saturated carbocycles. The van der Waals surface area contributed by atoms with Crippen LogP contribution in [0.2, 0.25) is 0 Å². The van der Waals surface area contributed by atoms with Gasteiger partial charge in [0, 0.05) is 7.05 Å². The van der Waals surface area contributed by atoms with Gasteiger partial charge in [-0.1, -0.05) is 33.1 Å². The first-order valence-corrected chi connectivity index (χ1v) is 5.98. The van der Waals surface area contributed by atoms with Crippen LogP contribution in [0, 0.1) is 0 Å². The van der Waals surface area contributed by atoms with Crippen LogP contribution in [-0.4, -0.2) is 7.05 Å². The third kappa shape index (κ3) is 2.25. The molecule has 1 aliphatic heterocycles. The minimum atomic E-state index is 0.683. The predicted octanol–water partition coefficient (Wildman–Crippen LogP) is 3.71. The Balaban J connectivity index is 0.000000771. The highest BCUT2D eigenvalue weighted by molar-refractivity contribution is 5.79. The van der Waals surface area contributed by atoms with Gasteiger partial charge in [0.2, 0.25) is 0 Å². The van der Waals surface area contributed by atoms with Gasteiger partial charge in [-0.3, -0.25) is 0 Å². The number of nitrogens with zero attached hydrogens (tertiary/aromatic N) is 1. The Kier molecular flexibility index (Phi) is 4.60. The Labute approximate surface area is 109 Å². The number of para-hydroxylation sites is 1. The fourth-order valence-electron chi connectivity index (χ4n) is 1.82. The molecule has 96 valence electrons. The van der Waals surface area contributed by atoms with E-state index in [0.29, 0.717) is 11.4 Å². The SMILES string of the molecule is C=CC1=C(C=C)N(C)c2c(N)cccc2O1.CC. The Bertz CT molecular complexity index is 489. The summed E-state index contributed by atoms with van der Waals surface area (Å²) in [6, 6.07) is 5.59. The molecule has 0 saturated heterocycles. The van der Waals surface area contributed by atoms with Crippen molar-refractivity contribution in [2.24, 2.45) is 0 Å². The minimum absolute atomic E-state index is 0.683. The Morgan fingerprint density at radius 3 is 2.44 bits per heavy atom. The molecule has 0 bridgehead atoms. The molecule has 2 rings (SSSR count). The molecule has 2 N–H and O–H groups in total. The minimum Gasteiger partial charge on any atom is -0.453 e. The smallest absolute Gasteiger partial charge is 0.153 e. The maximum absolute atomic E-state index is 5.93. The summed E-state index contributed by atoms with van der Waals surface area (Å²) >= 11 is 0. The number of allylic oxidation sites excluding steroid dienone is 2.